The maximum atomic E-state index is 12.9. The van der Waals surface area contributed by atoms with Crippen LogP contribution in [0.5, 0.6) is 0 Å². The number of nitrogens with zero attached hydrogens (tertiary/aromatic N) is 2. The number of imide groups is 1. The minimum atomic E-state index is -0.535. The van der Waals surface area contributed by atoms with Gasteiger partial charge in [-0.25, -0.2) is 4.79 Å². The lowest BCUT2D eigenvalue weighted by Gasteiger charge is -2.36. The second kappa shape index (κ2) is 7.89. The van der Waals surface area contributed by atoms with Crippen LogP contribution in [0, 0.1) is 5.92 Å². The molecule has 4 amide bonds. The van der Waals surface area contributed by atoms with Gasteiger partial charge in [-0.15, -0.1) is 0 Å². The van der Waals surface area contributed by atoms with Crippen LogP contribution >= 0.6 is 0 Å². The summed E-state index contributed by atoms with van der Waals surface area (Å²) in [6.45, 7) is 10.0. The Morgan fingerprint density at radius 1 is 1.19 bits per heavy atom. The van der Waals surface area contributed by atoms with E-state index in [0.29, 0.717) is 13.0 Å². The van der Waals surface area contributed by atoms with Crippen LogP contribution in [0.15, 0.2) is 30.3 Å². The van der Waals surface area contributed by atoms with Gasteiger partial charge in [-0.2, -0.15) is 0 Å². The van der Waals surface area contributed by atoms with Gasteiger partial charge in [0.25, 0.3) is 5.91 Å². The van der Waals surface area contributed by atoms with E-state index in [9.17, 15) is 14.4 Å². The van der Waals surface area contributed by atoms with Crippen molar-refractivity contribution in [3.05, 3.63) is 35.9 Å². The third kappa shape index (κ3) is 4.84. The topological polar surface area (TPSA) is 69.7 Å². The maximum absolute atomic E-state index is 12.9. The minimum Gasteiger partial charge on any atom is -0.332 e. The fourth-order valence-corrected chi connectivity index (χ4v) is 3.04. The molecule has 1 N–H and O–H groups in total. The molecule has 1 heterocycles. The molecule has 1 aliphatic heterocycles. The summed E-state index contributed by atoms with van der Waals surface area (Å²) >= 11 is 0. The van der Waals surface area contributed by atoms with Crippen molar-refractivity contribution in [1.29, 1.82) is 0 Å². The molecule has 6 heteroatoms. The molecule has 0 saturated carbocycles. The molecule has 0 radical (unpaired) electrons. The van der Waals surface area contributed by atoms with Gasteiger partial charge >= 0.3 is 6.03 Å². The van der Waals surface area contributed by atoms with Crippen LogP contribution in [0.4, 0.5) is 4.79 Å². The maximum Gasteiger partial charge on any atom is 0.325 e. The van der Waals surface area contributed by atoms with Gasteiger partial charge in [-0.05, 0) is 38.7 Å². The van der Waals surface area contributed by atoms with E-state index in [1.807, 2.05) is 65.0 Å². The van der Waals surface area contributed by atoms with Gasteiger partial charge in [0.1, 0.15) is 12.6 Å². The average Bonchev–Trinajstić information content (AvgIpc) is 2.79. The van der Waals surface area contributed by atoms with Crippen LogP contribution in [0.25, 0.3) is 0 Å². The normalized spacial score (nSPS) is 17.6. The number of nitrogens with one attached hydrogen (secondary N) is 1. The van der Waals surface area contributed by atoms with Crippen LogP contribution < -0.4 is 5.32 Å². The molecule has 6 nitrogen and oxygen atoms in total. The smallest absolute Gasteiger partial charge is 0.325 e. The van der Waals surface area contributed by atoms with E-state index in [1.165, 1.54) is 0 Å². The fourth-order valence-electron chi connectivity index (χ4n) is 3.04. The molecular formula is C20H29N3O3. The van der Waals surface area contributed by atoms with E-state index in [4.69, 9.17) is 0 Å². The zero-order valence-corrected chi connectivity index (χ0v) is 16.3. The monoisotopic (exact) mass is 359 g/mol. The predicted octanol–water partition coefficient (Wildman–Crippen LogP) is 2.78. The van der Waals surface area contributed by atoms with E-state index < -0.39 is 17.6 Å². The zero-order chi connectivity index (χ0) is 19.5. The van der Waals surface area contributed by atoms with Crippen LogP contribution in [0.1, 0.15) is 46.6 Å². The van der Waals surface area contributed by atoms with Crippen molar-refractivity contribution in [2.45, 2.75) is 59.2 Å². The number of carbonyl (C=O) groups is 3. The van der Waals surface area contributed by atoms with Crippen molar-refractivity contribution in [1.82, 2.24) is 15.1 Å². The number of hydrogen-bond donors (Lipinski definition) is 1. The summed E-state index contributed by atoms with van der Waals surface area (Å²) in [5.74, 6) is -0.273. The Kier molecular flexibility index (Phi) is 6.05. The summed E-state index contributed by atoms with van der Waals surface area (Å²) in [6, 6.07) is 8.67. The van der Waals surface area contributed by atoms with E-state index in [-0.39, 0.29) is 24.3 Å². The standard InChI is InChI=1S/C20H29N3O3/c1-14(2)11-16-18(25)22(19(26)21-16)13-17(24)23(20(3,4)5)12-15-9-7-6-8-10-15/h6-10,14,16H,11-13H2,1-5H3,(H,21,26)/t16-/m1/s1. The Bertz CT molecular complexity index is 665. The number of carbonyl (C=O) groups excluding carboxylic acids is 3. The van der Waals surface area contributed by atoms with Crippen molar-refractivity contribution >= 4 is 17.8 Å². The van der Waals surface area contributed by atoms with Gasteiger partial charge in [-0.3, -0.25) is 14.5 Å². The number of benzene rings is 1. The molecule has 0 aliphatic carbocycles. The summed E-state index contributed by atoms with van der Waals surface area (Å²) in [5.41, 5.74) is 0.578. The first-order valence-corrected chi connectivity index (χ1v) is 9.06. The highest BCUT2D eigenvalue weighted by molar-refractivity contribution is 6.06. The highest BCUT2D eigenvalue weighted by atomic mass is 16.2. The molecule has 0 aromatic heterocycles. The molecule has 1 atom stereocenters. The van der Waals surface area contributed by atoms with Crippen molar-refractivity contribution in [3.63, 3.8) is 0 Å². The molecule has 0 unspecified atom stereocenters. The minimum absolute atomic E-state index is 0.233. The molecule has 2 rings (SSSR count). The predicted molar refractivity (Wildman–Crippen MR) is 100 cm³/mol. The Hall–Kier alpha value is -2.37. The van der Waals surface area contributed by atoms with E-state index in [2.05, 4.69) is 5.32 Å². The third-order valence-electron chi connectivity index (χ3n) is 4.40. The second-order valence-electron chi connectivity index (χ2n) is 8.19. The molecule has 142 valence electrons. The Morgan fingerprint density at radius 2 is 1.81 bits per heavy atom. The lowest BCUT2D eigenvalue weighted by molar-refractivity contribution is -0.141. The van der Waals surface area contributed by atoms with Crippen molar-refractivity contribution < 1.29 is 14.4 Å². The lowest BCUT2D eigenvalue weighted by atomic mass is 10.0. The second-order valence-corrected chi connectivity index (χ2v) is 8.19. The van der Waals surface area contributed by atoms with Gasteiger partial charge in [0.2, 0.25) is 5.91 Å². The highest BCUT2D eigenvalue weighted by Gasteiger charge is 2.40. The summed E-state index contributed by atoms with van der Waals surface area (Å²) in [4.78, 5) is 40.3. The number of urea groups is 1. The zero-order valence-electron chi connectivity index (χ0n) is 16.3. The first-order valence-electron chi connectivity index (χ1n) is 9.06. The first kappa shape index (κ1) is 19.9. The Labute approximate surface area is 155 Å². The Balaban J connectivity index is 2.12. The Morgan fingerprint density at radius 3 is 2.35 bits per heavy atom. The summed E-state index contributed by atoms with van der Waals surface area (Å²) < 4.78 is 0. The van der Waals surface area contributed by atoms with Gasteiger partial charge in [0, 0.05) is 12.1 Å². The van der Waals surface area contributed by atoms with Crippen molar-refractivity contribution in [2.24, 2.45) is 5.92 Å². The van der Waals surface area contributed by atoms with E-state index in [0.717, 1.165) is 10.5 Å². The van der Waals surface area contributed by atoms with Crippen LogP contribution in [0.2, 0.25) is 0 Å². The van der Waals surface area contributed by atoms with Gasteiger partial charge in [0.05, 0.1) is 0 Å². The summed E-state index contributed by atoms with van der Waals surface area (Å²) in [7, 11) is 0. The van der Waals surface area contributed by atoms with Gasteiger partial charge in [-0.1, -0.05) is 44.2 Å². The van der Waals surface area contributed by atoms with Gasteiger partial charge < -0.3 is 10.2 Å². The largest absolute Gasteiger partial charge is 0.332 e. The third-order valence-corrected chi connectivity index (χ3v) is 4.40. The molecule has 0 bridgehead atoms. The van der Waals surface area contributed by atoms with E-state index in [1.54, 1.807) is 4.90 Å². The number of amides is 4. The SMILES string of the molecule is CC(C)C[C@H]1NC(=O)N(CC(=O)N(Cc2ccccc2)C(C)(C)C)C1=O. The molecule has 0 spiro atoms. The van der Waals surface area contributed by atoms with Crippen LogP contribution in [0.3, 0.4) is 0 Å². The molecule has 1 fully saturated rings. The summed E-state index contributed by atoms with van der Waals surface area (Å²) in [5, 5.41) is 2.68. The lowest BCUT2D eigenvalue weighted by Crippen LogP contribution is -2.50. The van der Waals surface area contributed by atoms with Crippen molar-refractivity contribution in [3.8, 4) is 0 Å². The van der Waals surface area contributed by atoms with Gasteiger partial charge in [0.15, 0.2) is 0 Å². The number of rotatable bonds is 6. The average molecular weight is 359 g/mol. The molecule has 1 saturated heterocycles. The molecule has 26 heavy (non-hydrogen) atoms. The van der Waals surface area contributed by atoms with Crippen LogP contribution in [-0.2, 0) is 16.1 Å². The number of hydrogen-bond acceptors (Lipinski definition) is 3. The molecular weight excluding hydrogens is 330 g/mol. The van der Waals surface area contributed by atoms with Crippen LogP contribution in [-0.4, -0.2) is 45.8 Å². The quantitative estimate of drug-likeness (QED) is 0.794. The molecule has 1 aromatic rings. The van der Waals surface area contributed by atoms with E-state index >= 15 is 0 Å². The van der Waals surface area contributed by atoms with Crippen molar-refractivity contribution in [2.75, 3.05) is 6.54 Å². The first-order chi connectivity index (χ1) is 12.1. The highest BCUT2D eigenvalue weighted by Crippen LogP contribution is 2.20. The molecule has 1 aromatic carbocycles. The summed E-state index contributed by atoms with van der Waals surface area (Å²) in [6.07, 6.45) is 0.572. The fraction of sp³-hybridized carbons (Fsp3) is 0.550. The molecule has 1 aliphatic rings.